The van der Waals surface area contributed by atoms with Crippen LogP contribution in [0.25, 0.3) is 0 Å². The fourth-order valence-electron chi connectivity index (χ4n) is 2.39. The van der Waals surface area contributed by atoms with Crippen molar-refractivity contribution in [3.63, 3.8) is 0 Å². The fraction of sp³-hybridized carbons (Fsp3) is 0.500. The van der Waals surface area contributed by atoms with Gasteiger partial charge in [0.1, 0.15) is 6.17 Å². The molecule has 0 aromatic heterocycles. The second-order valence-corrected chi connectivity index (χ2v) is 4.62. The van der Waals surface area contributed by atoms with Crippen LogP contribution in [-0.2, 0) is 4.84 Å². The quantitative estimate of drug-likeness (QED) is 0.592. The first kappa shape index (κ1) is 12.9. The van der Waals surface area contributed by atoms with E-state index in [9.17, 15) is 10.1 Å². The zero-order valence-corrected chi connectivity index (χ0v) is 10.7. The van der Waals surface area contributed by atoms with Gasteiger partial charge >= 0.3 is 0 Å². The van der Waals surface area contributed by atoms with Crippen molar-refractivity contribution in [2.75, 3.05) is 20.6 Å². The number of likely N-dealkylation sites (N-methyl/N-ethyl adjacent to an activating group) is 1. The largest absolute Gasteiger partial charge is 0.293 e. The maximum absolute atomic E-state index is 10.6. The van der Waals surface area contributed by atoms with Crippen molar-refractivity contribution in [1.29, 1.82) is 0 Å². The highest BCUT2D eigenvalue weighted by Crippen LogP contribution is 2.28. The van der Waals surface area contributed by atoms with Crippen molar-refractivity contribution in [3.05, 3.63) is 39.9 Å². The highest BCUT2D eigenvalue weighted by atomic mass is 16.7. The average Bonchev–Trinajstić information content (AvgIpc) is 2.28. The monoisotopic (exact) mass is 251 g/mol. The molecule has 1 heterocycles. The number of hydroxylamine groups is 2. The summed E-state index contributed by atoms with van der Waals surface area (Å²) in [5.74, 6) is 0. The van der Waals surface area contributed by atoms with Crippen LogP contribution in [0.4, 0.5) is 5.69 Å². The topological polar surface area (TPSA) is 58.8 Å². The van der Waals surface area contributed by atoms with Gasteiger partial charge in [0, 0.05) is 25.7 Å². The van der Waals surface area contributed by atoms with Crippen LogP contribution in [0.2, 0.25) is 0 Å². The van der Waals surface area contributed by atoms with E-state index in [4.69, 9.17) is 4.84 Å². The highest BCUT2D eigenvalue weighted by Gasteiger charge is 2.30. The Balaban J connectivity index is 2.22. The van der Waals surface area contributed by atoms with Crippen molar-refractivity contribution >= 4 is 5.69 Å². The van der Waals surface area contributed by atoms with Gasteiger partial charge in [-0.1, -0.05) is 0 Å². The summed E-state index contributed by atoms with van der Waals surface area (Å²) in [6, 6.07) is 6.59. The minimum Gasteiger partial charge on any atom is -0.293 e. The van der Waals surface area contributed by atoms with Crippen molar-refractivity contribution in [2.45, 2.75) is 19.2 Å². The lowest BCUT2D eigenvalue weighted by atomic mass is 10.1. The number of nitrogens with zero attached hydrogens (tertiary/aromatic N) is 3. The second-order valence-electron chi connectivity index (χ2n) is 4.62. The first-order chi connectivity index (χ1) is 8.49. The maximum atomic E-state index is 10.6. The van der Waals surface area contributed by atoms with E-state index in [0.29, 0.717) is 0 Å². The van der Waals surface area contributed by atoms with E-state index in [1.807, 2.05) is 21.0 Å². The summed E-state index contributed by atoms with van der Waals surface area (Å²) in [5, 5.41) is 12.4. The molecular weight excluding hydrogens is 234 g/mol. The molecule has 0 spiro atoms. The normalized spacial score (nSPS) is 26.2. The molecule has 0 bridgehead atoms. The summed E-state index contributed by atoms with van der Waals surface area (Å²) in [6.07, 6.45) is 0.135. The molecule has 0 aliphatic carbocycles. The van der Waals surface area contributed by atoms with Gasteiger partial charge in [0.2, 0.25) is 0 Å². The summed E-state index contributed by atoms with van der Waals surface area (Å²) in [4.78, 5) is 18.0. The van der Waals surface area contributed by atoms with Crippen LogP contribution >= 0.6 is 0 Å². The molecule has 0 radical (unpaired) electrons. The Hall–Kier alpha value is -1.50. The molecule has 0 amide bonds. The lowest BCUT2D eigenvalue weighted by molar-refractivity contribution is -0.384. The van der Waals surface area contributed by atoms with Crippen LogP contribution < -0.4 is 0 Å². The smallest absolute Gasteiger partial charge is 0.269 e. The lowest BCUT2D eigenvalue weighted by Gasteiger charge is -2.42. The molecule has 2 atom stereocenters. The molecule has 2 unspecified atom stereocenters. The Morgan fingerprint density at radius 3 is 2.44 bits per heavy atom. The Kier molecular flexibility index (Phi) is 3.60. The van der Waals surface area contributed by atoms with E-state index in [1.165, 1.54) is 12.1 Å². The minimum atomic E-state index is -0.392. The van der Waals surface area contributed by atoms with Crippen LogP contribution in [0.3, 0.4) is 0 Å². The molecule has 0 N–H and O–H groups in total. The van der Waals surface area contributed by atoms with Crippen molar-refractivity contribution in [1.82, 2.24) is 9.96 Å². The SMILES string of the molecule is CC1CN(C)C(c2ccc([N+](=O)[O-])cc2)N(C)O1. The van der Waals surface area contributed by atoms with Gasteiger partial charge in [0.25, 0.3) is 5.69 Å². The highest BCUT2D eigenvalue weighted by molar-refractivity contribution is 5.34. The molecule has 98 valence electrons. The van der Waals surface area contributed by atoms with Crippen molar-refractivity contribution in [2.24, 2.45) is 0 Å². The van der Waals surface area contributed by atoms with Crippen LogP contribution in [0.1, 0.15) is 18.7 Å². The molecule has 1 aromatic carbocycles. The molecule has 6 nitrogen and oxygen atoms in total. The van der Waals surface area contributed by atoms with Crippen LogP contribution in [0, 0.1) is 10.1 Å². The summed E-state index contributed by atoms with van der Waals surface area (Å²) >= 11 is 0. The Morgan fingerprint density at radius 2 is 1.94 bits per heavy atom. The molecule has 1 aromatic rings. The van der Waals surface area contributed by atoms with Crippen molar-refractivity contribution < 1.29 is 9.76 Å². The number of rotatable bonds is 2. The molecule has 1 saturated heterocycles. The molecule has 18 heavy (non-hydrogen) atoms. The standard InChI is InChI=1S/C12H17N3O3/c1-9-8-13(2)12(14(3)18-9)10-4-6-11(7-5-10)15(16)17/h4-7,9,12H,8H2,1-3H3. The molecule has 1 aliphatic rings. The third kappa shape index (κ3) is 2.50. The first-order valence-corrected chi connectivity index (χ1v) is 5.83. The Labute approximate surface area is 106 Å². The van der Waals surface area contributed by atoms with Gasteiger partial charge in [-0.2, -0.15) is 5.06 Å². The first-order valence-electron chi connectivity index (χ1n) is 5.83. The molecule has 6 heteroatoms. The Morgan fingerprint density at radius 1 is 1.33 bits per heavy atom. The fourth-order valence-corrected chi connectivity index (χ4v) is 2.39. The number of hydrogen-bond acceptors (Lipinski definition) is 5. The van der Waals surface area contributed by atoms with Gasteiger partial charge in [-0.15, -0.1) is 0 Å². The zero-order chi connectivity index (χ0) is 13.3. The van der Waals surface area contributed by atoms with Crippen LogP contribution in [-0.4, -0.2) is 41.6 Å². The van der Waals surface area contributed by atoms with Crippen LogP contribution in [0.5, 0.6) is 0 Å². The minimum absolute atomic E-state index is 0.0120. The second kappa shape index (κ2) is 5.01. The third-order valence-electron chi connectivity index (χ3n) is 3.06. The van der Waals surface area contributed by atoms with Crippen LogP contribution in [0.15, 0.2) is 24.3 Å². The number of benzene rings is 1. The molecule has 2 rings (SSSR count). The van der Waals surface area contributed by atoms with Gasteiger partial charge in [-0.3, -0.25) is 19.9 Å². The molecule has 0 saturated carbocycles. The predicted octanol–water partition coefficient (Wildman–Crippen LogP) is 1.79. The van der Waals surface area contributed by atoms with E-state index in [1.54, 1.807) is 17.2 Å². The van der Waals surface area contributed by atoms with Gasteiger partial charge in [-0.05, 0) is 31.7 Å². The van der Waals surface area contributed by atoms with Crippen molar-refractivity contribution in [3.8, 4) is 0 Å². The van der Waals surface area contributed by atoms with Gasteiger partial charge in [-0.25, -0.2) is 0 Å². The Bertz CT molecular complexity index is 423. The van der Waals surface area contributed by atoms with E-state index in [0.717, 1.165) is 12.1 Å². The number of non-ortho nitro benzene ring substituents is 1. The van der Waals surface area contributed by atoms with E-state index < -0.39 is 4.92 Å². The molecular formula is C12H17N3O3. The molecule has 1 fully saturated rings. The lowest BCUT2D eigenvalue weighted by Crippen LogP contribution is -2.48. The van der Waals surface area contributed by atoms with Gasteiger partial charge < -0.3 is 0 Å². The summed E-state index contributed by atoms with van der Waals surface area (Å²) in [7, 11) is 3.89. The zero-order valence-electron chi connectivity index (χ0n) is 10.7. The third-order valence-corrected chi connectivity index (χ3v) is 3.06. The number of nitro groups is 1. The van der Waals surface area contributed by atoms with Gasteiger partial charge in [0.05, 0.1) is 11.0 Å². The summed E-state index contributed by atoms with van der Waals surface area (Å²) in [6.45, 7) is 2.84. The summed E-state index contributed by atoms with van der Waals surface area (Å²) < 4.78 is 0. The van der Waals surface area contributed by atoms with E-state index in [-0.39, 0.29) is 18.0 Å². The van der Waals surface area contributed by atoms with E-state index in [2.05, 4.69) is 4.90 Å². The number of nitro benzene ring substituents is 1. The average molecular weight is 251 g/mol. The number of hydrogen-bond donors (Lipinski definition) is 0. The summed E-state index contributed by atoms with van der Waals surface area (Å²) in [5.41, 5.74) is 1.09. The van der Waals surface area contributed by atoms with E-state index >= 15 is 0 Å². The molecule has 1 aliphatic heterocycles. The maximum Gasteiger partial charge on any atom is 0.269 e. The van der Waals surface area contributed by atoms with Gasteiger partial charge in [0.15, 0.2) is 0 Å². The predicted molar refractivity (Wildman–Crippen MR) is 66.8 cm³/mol.